The van der Waals surface area contributed by atoms with E-state index in [1.54, 1.807) is 0 Å². The molecule has 1 aliphatic carbocycles. The molecule has 0 spiro atoms. The van der Waals surface area contributed by atoms with Crippen LogP contribution in [0.15, 0.2) is 164 Å². The van der Waals surface area contributed by atoms with Crippen LogP contribution in [-0.4, -0.2) is 4.57 Å². The second kappa shape index (κ2) is 10.9. The fraction of sp³-hybridized carbons (Fsp3) is 0.0435. The summed E-state index contributed by atoms with van der Waals surface area (Å²) in [6.07, 6.45) is 0. The van der Waals surface area contributed by atoms with Gasteiger partial charge in [-0.2, -0.15) is 0 Å². The molecule has 1 aliphatic rings. The Morgan fingerprint density at radius 2 is 0.894 bits per heavy atom. The zero-order valence-electron chi connectivity index (χ0n) is 26.5. The Labute approximate surface area is 275 Å². The van der Waals surface area contributed by atoms with Crippen molar-refractivity contribution >= 4 is 43.4 Å². The number of aromatic nitrogens is 1. The standard InChI is InChI=1S/C44H27N.C2H6/c1-2-12-31(13-3-1)45-42-19-7-6-16-37(42)38-23-21-30(27-43(38)45)33-25-24-32(34-14-4-5-15-35(33)34)29-20-22-36-39-17-8-10-28-11-9-18-40(44(28)39)41(36)26-29;1-2/h1-27H;1-2H3. The highest BCUT2D eigenvalue weighted by Crippen LogP contribution is 2.49. The maximum absolute atomic E-state index is 2.40. The van der Waals surface area contributed by atoms with E-state index in [-0.39, 0.29) is 0 Å². The van der Waals surface area contributed by atoms with Gasteiger partial charge in [-0.15, -0.1) is 0 Å². The van der Waals surface area contributed by atoms with E-state index in [2.05, 4.69) is 168 Å². The molecule has 1 heteroatoms. The Hall–Kier alpha value is -5.92. The number of hydrogen-bond donors (Lipinski definition) is 0. The lowest BCUT2D eigenvalue weighted by Crippen LogP contribution is -1.93. The Kier molecular flexibility index (Phi) is 6.33. The van der Waals surface area contributed by atoms with Crippen molar-refractivity contribution in [2.75, 3.05) is 0 Å². The first-order valence-electron chi connectivity index (χ1n) is 16.6. The molecule has 0 bridgehead atoms. The van der Waals surface area contributed by atoms with Crippen molar-refractivity contribution < 1.29 is 0 Å². The van der Waals surface area contributed by atoms with Crippen molar-refractivity contribution in [3.8, 4) is 50.2 Å². The van der Waals surface area contributed by atoms with Gasteiger partial charge in [-0.1, -0.05) is 147 Å². The van der Waals surface area contributed by atoms with Crippen LogP contribution in [0.2, 0.25) is 0 Å². The summed E-state index contributed by atoms with van der Waals surface area (Å²) < 4.78 is 2.40. The summed E-state index contributed by atoms with van der Waals surface area (Å²) in [5.41, 5.74) is 13.9. The number of benzene rings is 8. The van der Waals surface area contributed by atoms with Crippen molar-refractivity contribution in [1.82, 2.24) is 4.57 Å². The van der Waals surface area contributed by atoms with Crippen LogP contribution >= 0.6 is 0 Å². The third-order valence-corrected chi connectivity index (χ3v) is 9.74. The summed E-state index contributed by atoms with van der Waals surface area (Å²) in [6, 6.07) is 60.2. The average Bonchev–Trinajstić information content (AvgIpc) is 3.65. The number of rotatable bonds is 3. The first-order chi connectivity index (χ1) is 23.3. The van der Waals surface area contributed by atoms with Crippen molar-refractivity contribution in [2.24, 2.45) is 0 Å². The molecule has 0 radical (unpaired) electrons. The van der Waals surface area contributed by atoms with E-state index >= 15 is 0 Å². The van der Waals surface area contributed by atoms with E-state index < -0.39 is 0 Å². The first-order valence-corrected chi connectivity index (χ1v) is 16.6. The minimum absolute atomic E-state index is 1.18. The summed E-state index contributed by atoms with van der Waals surface area (Å²) >= 11 is 0. The monoisotopic (exact) mass is 599 g/mol. The summed E-state index contributed by atoms with van der Waals surface area (Å²) in [6.45, 7) is 4.00. The molecular formula is C46H33N. The Morgan fingerprint density at radius 3 is 1.62 bits per heavy atom. The topological polar surface area (TPSA) is 4.93 Å². The molecule has 0 aliphatic heterocycles. The summed E-state index contributed by atoms with van der Waals surface area (Å²) in [4.78, 5) is 0. The van der Waals surface area contributed by atoms with E-state index in [1.807, 2.05) is 13.8 Å². The number of hydrogen-bond acceptors (Lipinski definition) is 0. The molecule has 222 valence electrons. The Bertz CT molecular complexity index is 2630. The summed E-state index contributed by atoms with van der Waals surface area (Å²) in [7, 11) is 0. The molecular weight excluding hydrogens is 567 g/mol. The van der Waals surface area contributed by atoms with Crippen LogP contribution < -0.4 is 0 Å². The van der Waals surface area contributed by atoms with Gasteiger partial charge < -0.3 is 4.57 Å². The smallest absolute Gasteiger partial charge is 0.0547 e. The molecule has 1 heterocycles. The van der Waals surface area contributed by atoms with Gasteiger partial charge in [0.15, 0.2) is 0 Å². The fourth-order valence-electron chi connectivity index (χ4n) is 7.76. The van der Waals surface area contributed by atoms with Gasteiger partial charge in [0.1, 0.15) is 0 Å². The number of para-hydroxylation sites is 2. The minimum atomic E-state index is 1.18. The van der Waals surface area contributed by atoms with Crippen molar-refractivity contribution in [3.05, 3.63) is 164 Å². The molecule has 0 unspecified atom stereocenters. The molecule has 0 saturated heterocycles. The molecule has 0 amide bonds. The lowest BCUT2D eigenvalue weighted by molar-refractivity contribution is 1.18. The van der Waals surface area contributed by atoms with Gasteiger partial charge in [0.2, 0.25) is 0 Å². The van der Waals surface area contributed by atoms with Crippen LogP contribution in [0.25, 0.3) is 93.5 Å². The predicted octanol–water partition coefficient (Wildman–Crippen LogP) is 13.1. The van der Waals surface area contributed by atoms with Gasteiger partial charge in [0.25, 0.3) is 0 Å². The molecule has 0 fully saturated rings. The van der Waals surface area contributed by atoms with Crippen LogP contribution in [0.4, 0.5) is 0 Å². The maximum atomic E-state index is 2.40. The fourth-order valence-corrected chi connectivity index (χ4v) is 7.76. The quantitative estimate of drug-likeness (QED) is 0.190. The first kappa shape index (κ1) is 27.4. The Balaban J connectivity index is 0.00000149. The van der Waals surface area contributed by atoms with Crippen molar-refractivity contribution in [1.29, 1.82) is 0 Å². The summed E-state index contributed by atoms with van der Waals surface area (Å²) in [5.74, 6) is 0. The van der Waals surface area contributed by atoms with E-state index in [4.69, 9.17) is 0 Å². The van der Waals surface area contributed by atoms with Gasteiger partial charge in [-0.25, -0.2) is 0 Å². The van der Waals surface area contributed by atoms with Gasteiger partial charge in [0.05, 0.1) is 11.0 Å². The van der Waals surface area contributed by atoms with Gasteiger partial charge >= 0.3 is 0 Å². The van der Waals surface area contributed by atoms with Crippen molar-refractivity contribution in [2.45, 2.75) is 13.8 Å². The lowest BCUT2D eigenvalue weighted by Gasteiger charge is -2.14. The van der Waals surface area contributed by atoms with E-state index in [9.17, 15) is 0 Å². The molecule has 8 aromatic carbocycles. The number of fused-ring (bicyclic) bond motifs is 7. The largest absolute Gasteiger partial charge is 0.309 e. The maximum Gasteiger partial charge on any atom is 0.0547 e. The van der Waals surface area contributed by atoms with E-state index in [0.29, 0.717) is 0 Å². The number of nitrogens with zero attached hydrogens (tertiary/aromatic N) is 1. The van der Waals surface area contributed by atoms with Gasteiger partial charge in [0, 0.05) is 16.5 Å². The van der Waals surface area contributed by atoms with Crippen molar-refractivity contribution in [3.63, 3.8) is 0 Å². The lowest BCUT2D eigenvalue weighted by atomic mass is 9.90. The van der Waals surface area contributed by atoms with Gasteiger partial charge in [-0.3, -0.25) is 0 Å². The SMILES string of the molecule is CC.c1ccc(-n2c3ccccc3c3ccc(-c4ccc(-c5ccc6c(c5)-c5cccc7cccc-6c57)c5ccccc45)cc32)cc1. The van der Waals surface area contributed by atoms with Crippen LogP contribution in [0.5, 0.6) is 0 Å². The van der Waals surface area contributed by atoms with Crippen LogP contribution in [0.3, 0.4) is 0 Å². The van der Waals surface area contributed by atoms with Crippen LogP contribution in [0.1, 0.15) is 13.8 Å². The molecule has 47 heavy (non-hydrogen) atoms. The minimum Gasteiger partial charge on any atom is -0.309 e. The third-order valence-electron chi connectivity index (χ3n) is 9.74. The second-order valence-electron chi connectivity index (χ2n) is 12.1. The zero-order valence-corrected chi connectivity index (χ0v) is 26.5. The highest BCUT2D eigenvalue weighted by Gasteiger charge is 2.22. The van der Waals surface area contributed by atoms with Crippen LogP contribution in [0, 0.1) is 0 Å². The van der Waals surface area contributed by atoms with E-state index in [1.165, 1.54) is 93.5 Å². The Morgan fingerprint density at radius 1 is 0.340 bits per heavy atom. The molecule has 0 atom stereocenters. The average molecular weight is 600 g/mol. The molecule has 1 aromatic heterocycles. The normalized spacial score (nSPS) is 11.6. The molecule has 9 aromatic rings. The third kappa shape index (κ3) is 4.10. The molecule has 1 nitrogen and oxygen atoms in total. The van der Waals surface area contributed by atoms with E-state index in [0.717, 1.165) is 0 Å². The van der Waals surface area contributed by atoms with Gasteiger partial charge in [-0.05, 0) is 96.4 Å². The predicted molar refractivity (Wildman–Crippen MR) is 202 cm³/mol. The molecule has 0 saturated carbocycles. The molecule has 0 N–H and O–H groups in total. The van der Waals surface area contributed by atoms with Crippen LogP contribution in [-0.2, 0) is 0 Å². The highest BCUT2D eigenvalue weighted by atomic mass is 15.0. The second-order valence-corrected chi connectivity index (χ2v) is 12.1. The zero-order chi connectivity index (χ0) is 31.5. The highest BCUT2D eigenvalue weighted by molar-refractivity contribution is 6.16. The summed E-state index contributed by atoms with van der Waals surface area (Å²) in [5, 5.41) is 7.76. The molecule has 10 rings (SSSR count).